The first-order valence-corrected chi connectivity index (χ1v) is 11.1. The number of rotatable bonds is 1. The number of nitrogens with two attached hydrogens (primary N) is 3. The van der Waals surface area contributed by atoms with E-state index in [2.05, 4.69) is 48.7 Å². The molecule has 30 heavy (non-hydrogen) atoms. The van der Waals surface area contributed by atoms with Crippen LogP contribution < -0.4 is 17.2 Å². The molecule has 0 atom stereocenters. The number of nitro benzene ring substituents is 1. The Morgan fingerprint density at radius 2 is 1.33 bits per heavy atom. The normalized spacial score (nSPS) is 16.3. The van der Waals surface area contributed by atoms with Crippen LogP contribution in [0.2, 0.25) is 0 Å². The van der Waals surface area contributed by atoms with Crippen molar-refractivity contribution in [2.24, 2.45) is 0 Å². The smallest absolute Gasteiger partial charge is 0.293 e. The molecule has 4 rings (SSSR count). The first-order chi connectivity index (χ1) is 14.1. The van der Waals surface area contributed by atoms with Gasteiger partial charge in [-0.15, -0.1) is 0 Å². The molecule has 2 heterocycles. The van der Waals surface area contributed by atoms with Gasteiger partial charge in [0.25, 0.3) is 5.69 Å². The van der Waals surface area contributed by atoms with E-state index in [1.807, 2.05) is 13.1 Å². The molecule has 6 N–H and O–H groups in total. The average molecular weight is 542 g/mol. The third kappa shape index (κ3) is 4.56. The molecule has 162 valence electrons. The van der Waals surface area contributed by atoms with Gasteiger partial charge in [0, 0.05) is 41.2 Å². The minimum atomic E-state index is -0.432. The van der Waals surface area contributed by atoms with Gasteiger partial charge in [-0.1, -0.05) is 31.9 Å². The molecule has 0 amide bonds. The van der Waals surface area contributed by atoms with Crippen LogP contribution in [0.25, 0.3) is 0 Å². The summed E-state index contributed by atoms with van der Waals surface area (Å²) in [5.41, 5.74) is 23.8. The topological polar surface area (TPSA) is 128 Å². The van der Waals surface area contributed by atoms with E-state index in [1.165, 1.54) is 17.2 Å². The first-order valence-electron chi connectivity index (χ1n) is 9.56. The van der Waals surface area contributed by atoms with Gasteiger partial charge in [-0.3, -0.25) is 10.1 Å². The van der Waals surface area contributed by atoms with Crippen LogP contribution in [0, 0.1) is 10.1 Å². The lowest BCUT2D eigenvalue weighted by atomic mass is 9.97. The number of nitrogens with zero attached hydrogens (tertiary/aromatic N) is 3. The molecule has 0 fully saturated rings. The van der Waals surface area contributed by atoms with E-state index in [-0.39, 0.29) is 5.69 Å². The fourth-order valence-corrected chi connectivity index (χ4v) is 5.09. The quantitative estimate of drug-likeness (QED) is 0.286. The van der Waals surface area contributed by atoms with Crippen molar-refractivity contribution in [1.29, 1.82) is 0 Å². The van der Waals surface area contributed by atoms with E-state index in [0.29, 0.717) is 11.4 Å². The maximum Gasteiger partial charge on any atom is 0.293 e. The standard InChI is InChI=1S/C10H12BrN3O2.C10H14BrN3/c1-13-3-2-6-7(5-13)8(11)4-9(10(6)12)14(15)16;1-14-3-2-6-7(5-14)8(11)4-9(12)10(6)13/h4H,2-3,5,12H2,1H3;4H,2-3,5,12-13H2,1H3. The van der Waals surface area contributed by atoms with Crippen molar-refractivity contribution in [1.82, 2.24) is 9.80 Å². The predicted molar refractivity (Wildman–Crippen MR) is 128 cm³/mol. The van der Waals surface area contributed by atoms with Gasteiger partial charge in [0.15, 0.2) is 0 Å². The second-order valence-corrected chi connectivity index (χ2v) is 9.51. The minimum absolute atomic E-state index is 0.00446. The summed E-state index contributed by atoms with van der Waals surface area (Å²) in [6, 6.07) is 3.39. The molecule has 0 radical (unpaired) electrons. The summed E-state index contributed by atoms with van der Waals surface area (Å²) in [4.78, 5) is 14.8. The molecule has 2 aromatic carbocycles. The molecule has 2 aliphatic rings. The summed E-state index contributed by atoms with van der Waals surface area (Å²) in [6.07, 6.45) is 1.75. The molecular formula is C20H26Br2N6O2. The summed E-state index contributed by atoms with van der Waals surface area (Å²) in [6.45, 7) is 3.65. The number of anilines is 3. The maximum absolute atomic E-state index is 10.8. The Hall–Kier alpha value is -1.88. The van der Waals surface area contributed by atoms with Crippen LogP contribution in [0.4, 0.5) is 22.7 Å². The number of fused-ring (bicyclic) bond motifs is 2. The van der Waals surface area contributed by atoms with Gasteiger partial charge in [-0.25, -0.2) is 0 Å². The molecule has 2 aliphatic heterocycles. The van der Waals surface area contributed by atoms with Crippen LogP contribution in [0.3, 0.4) is 0 Å². The van der Waals surface area contributed by atoms with Gasteiger partial charge >= 0.3 is 0 Å². The zero-order valence-electron chi connectivity index (χ0n) is 17.0. The second-order valence-electron chi connectivity index (χ2n) is 7.80. The molecular weight excluding hydrogens is 516 g/mol. The van der Waals surface area contributed by atoms with Crippen LogP contribution >= 0.6 is 31.9 Å². The SMILES string of the molecule is CN1CCc2c(N)c(N)cc(Br)c2C1.CN1CCc2c(N)c([N+](=O)[O-])cc(Br)c2C1. The Morgan fingerprint density at radius 1 is 0.867 bits per heavy atom. The molecule has 0 aromatic heterocycles. The third-order valence-electron chi connectivity index (χ3n) is 5.63. The molecule has 0 saturated heterocycles. The zero-order chi connectivity index (χ0) is 22.2. The number of benzene rings is 2. The van der Waals surface area contributed by atoms with Crippen LogP contribution in [0.1, 0.15) is 22.3 Å². The number of likely N-dealkylation sites (N-methyl/N-ethyl adjacent to an activating group) is 2. The summed E-state index contributed by atoms with van der Waals surface area (Å²) in [5.74, 6) is 0. The fourth-order valence-electron chi connectivity index (χ4n) is 3.90. The lowest BCUT2D eigenvalue weighted by Gasteiger charge is -2.27. The monoisotopic (exact) mass is 540 g/mol. The lowest BCUT2D eigenvalue weighted by Crippen LogP contribution is -2.27. The Kier molecular flexibility index (Phi) is 6.91. The maximum atomic E-state index is 10.8. The number of hydrogen-bond donors (Lipinski definition) is 3. The largest absolute Gasteiger partial charge is 0.397 e. The molecule has 0 aliphatic carbocycles. The Labute approximate surface area is 192 Å². The van der Waals surface area contributed by atoms with Crippen LogP contribution in [-0.2, 0) is 25.9 Å². The molecule has 0 saturated carbocycles. The van der Waals surface area contributed by atoms with Crippen LogP contribution in [-0.4, -0.2) is 41.9 Å². The Morgan fingerprint density at radius 3 is 1.83 bits per heavy atom. The second kappa shape index (κ2) is 9.09. The van der Waals surface area contributed by atoms with E-state index in [0.717, 1.165) is 64.8 Å². The molecule has 0 unspecified atom stereocenters. The summed E-state index contributed by atoms with van der Waals surface area (Å²) in [7, 11) is 4.13. The van der Waals surface area contributed by atoms with Gasteiger partial charge in [0.2, 0.25) is 0 Å². The number of halogens is 2. The molecule has 10 heteroatoms. The van der Waals surface area contributed by atoms with Crippen molar-refractivity contribution in [2.75, 3.05) is 44.4 Å². The van der Waals surface area contributed by atoms with Gasteiger partial charge in [-0.05, 0) is 55.3 Å². The predicted octanol–water partition coefficient (Wildman–Crippen LogP) is 3.53. The summed E-state index contributed by atoms with van der Waals surface area (Å²) < 4.78 is 1.85. The Bertz CT molecular complexity index is 998. The highest BCUT2D eigenvalue weighted by atomic mass is 79.9. The first kappa shape index (κ1) is 22.8. The highest BCUT2D eigenvalue weighted by molar-refractivity contribution is 9.10. The zero-order valence-corrected chi connectivity index (χ0v) is 20.2. The minimum Gasteiger partial charge on any atom is -0.397 e. The van der Waals surface area contributed by atoms with Crippen LogP contribution in [0.5, 0.6) is 0 Å². The van der Waals surface area contributed by atoms with Gasteiger partial charge < -0.3 is 27.0 Å². The fraction of sp³-hybridized carbons (Fsp3) is 0.400. The van der Waals surface area contributed by atoms with Crippen molar-refractivity contribution in [3.63, 3.8) is 0 Å². The average Bonchev–Trinajstić information content (AvgIpc) is 2.69. The number of hydrogen-bond acceptors (Lipinski definition) is 7. The van der Waals surface area contributed by atoms with E-state index >= 15 is 0 Å². The summed E-state index contributed by atoms with van der Waals surface area (Å²) >= 11 is 6.91. The van der Waals surface area contributed by atoms with E-state index < -0.39 is 4.92 Å². The van der Waals surface area contributed by atoms with E-state index in [4.69, 9.17) is 17.2 Å². The van der Waals surface area contributed by atoms with Crippen molar-refractivity contribution in [3.05, 3.63) is 53.4 Å². The lowest BCUT2D eigenvalue weighted by molar-refractivity contribution is -0.384. The number of nitro groups is 1. The Balaban J connectivity index is 0.000000172. The van der Waals surface area contributed by atoms with Gasteiger partial charge in [-0.2, -0.15) is 0 Å². The van der Waals surface area contributed by atoms with E-state index in [1.54, 1.807) is 0 Å². The highest BCUT2D eigenvalue weighted by Crippen LogP contribution is 2.37. The van der Waals surface area contributed by atoms with Gasteiger partial charge in [0.1, 0.15) is 5.69 Å². The number of nitrogen functional groups attached to an aromatic ring is 3. The molecule has 2 aromatic rings. The molecule has 0 spiro atoms. The molecule has 8 nitrogen and oxygen atoms in total. The third-order valence-corrected chi connectivity index (χ3v) is 7.04. The van der Waals surface area contributed by atoms with E-state index in [9.17, 15) is 10.1 Å². The van der Waals surface area contributed by atoms with Crippen LogP contribution in [0.15, 0.2) is 21.1 Å². The summed E-state index contributed by atoms with van der Waals surface area (Å²) in [5, 5.41) is 10.8. The van der Waals surface area contributed by atoms with Crippen molar-refractivity contribution < 1.29 is 4.92 Å². The molecule has 0 bridgehead atoms. The van der Waals surface area contributed by atoms with Gasteiger partial charge in [0.05, 0.1) is 16.3 Å². The highest BCUT2D eigenvalue weighted by Gasteiger charge is 2.25. The van der Waals surface area contributed by atoms with Crippen molar-refractivity contribution in [2.45, 2.75) is 25.9 Å². The van der Waals surface area contributed by atoms with Crippen molar-refractivity contribution in [3.8, 4) is 0 Å². The van der Waals surface area contributed by atoms with Crippen molar-refractivity contribution >= 4 is 54.6 Å².